The standard InChI is InChI=1S/C10H12BrCl2NO2S/c1-7(4-5-11)14-17(15,16)10-6-8(12)2-3-9(10)13/h2-3,6-7,14H,4-5H2,1H3. The summed E-state index contributed by atoms with van der Waals surface area (Å²) in [5, 5.41) is 1.22. The Labute approximate surface area is 120 Å². The van der Waals surface area contributed by atoms with Gasteiger partial charge in [-0.05, 0) is 31.5 Å². The molecule has 17 heavy (non-hydrogen) atoms. The maximum Gasteiger partial charge on any atom is 0.242 e. The topological polar surface area (TPSA) is 46.2 Å². The van der Waals surface area contributed by atoms with E-state index in [0.29, 0.717) is 11.4 Å². The molecule has 1 N–H and O–H groups in total. The Bertz CT molecular complexity index is 493. The van der Waals surface area contributed by atoms with Crippen LogP contribution in [0.3, 0.4) is 0 Å². The molecule has 7 heteroatoms. The molecule has 0 fully saturated rings. The van der Waals surface area contributed by atoms with Crippen LogP contribution in [0.15, 0.2) is 23.1 Å². The Hall–Kier alpha value is 0.190. The Morgan fingerprint density at radius 3 is 2.65 bits per heavy atom. The number of hydrogen-bond acceptors (Lipinski definition) is 2. The zero-order valence-electron chi connectivity index (χ0n) is 9.08. The molecule has 0 radical (unpaired) electrons. The first-order chi connectivity index (χ1) is 7.86. The van der Waals surface area contributed by atoms with Crippen molar-refractivity contribution in [1.29, 1.82) is 0 Å². The molecule has 1 aromatic carbocycles. The number of nitrogens with one attached hydrogen (secondary N) is 1. The fourth-order valence-corrected chi connectivity index (χ4v) is 3.96. The molecular formula is C10H12BrCl2NO2S. The van der Waals surface area contributed by atoms with Crippen molar-refractivity contribution in [2.45, 2.75) is 24.3 Å². The lowest BCUT2D eigenvalue weighted by molar-refractivity contribution is 0.557. The van der Waals surface area contributed by atoms with Gasteiger partial charge in [-0.3, -0.25) is 0 Å². The van der Waals surface area contributed by atoms with Crippen molar-refractivity contribution in [2.24, 2.45) is 0 Å². The first kappa shape index (κ1) is 15.2. The summed E-state index contributed by atoms with van der Waals surface area (Å²) in [7, 11) is -3.62. The van der Waals surface area contributed by atoms with E-state index in [1.54, 1.807) is 13.0 Å². The van der Waals surface area contributed by atoms with Gasteiger partial charge in [0.05, 0.1) is 5.02 Å². The van der Waals surface area contributed by atoms with Crippen LogP contribution in [0.5, 0.6) is 0 Å². The molecule has 0 bridgehead atoms. The largest absolute Gasteiger partial charge is 0.242 e. The second-order valence-electron chi connectivity index (χ2n) is 3.57. The van der Waals surface area contributed by atoms with Gasteiger partial charge >= 0.3 is 0 Å². The van der Waals surface area contributed by atoms with Crippen molar-refractivity contribution < 1.29 is 8.42 Å². The predicted molar refractivity (Wildman–Crippen MR) is 74.7 cm³/mol. The van der Waals surface area contributed by atoms with Crippen LogP contribution in [0.1, 0.15) is 13.3 Å². The van der Waals surface area contributed by atoms with E-state index in [9.17, 15) is 8.42 Å². The first-order valence-corrected chi connectivity index (χ1v) is 8.26. The molecule has 0 aliphatic heterocycles. The van der Waals surface area contributed by atoms with Crippen LogP contribution in [0.2, 0.25) is 10.0 Å². The molecule has 0 amide bonds. The molecule has 1 rings (SSSR count). The van der Waals surface area contributed by atoms with E-state index >= 15 is 0 Å². The highest BCUT2D eigenvalue weighted by Crippen LogP contribution is 2.25. The van der Waals surface area contributed by atoms with Gasteiger partial charge in [-0.15, -0.1) is 0 Å². The molecule has 1 aromatic rings. The minimum absolute atomic E-state index is 0.00749. The van der Waals surface area contributed by atoms with Gasteiger partial charge in [0.2, 0.25) is 10.0 Å². The average Bonchev–Trinajstić information content (AvgIpc) is 2.21. The van der Waals surface area contributed by atoms with Crippen LogP contribution < -0.4 is 4.72 Å². The van der Waals surface area contributed by atoms with Crippen molar-refractivity contribution in [1.82, 2.24) is 4.72 Å². The Morgan fingerprint density at radius 2 is 2.06 bits per heavy atom. The molecule has 0 saturated heterocycles. The highest BCUT2D eigenvalue weighted by Gasteiger charge is 2.20. The predicted octanol–water partition coefficient (Wildman–Crippen LogP) is 3.45. The van der Waals surface area contributed by atoms with Crippen molar-refractivity contribution in [2.75, 3.05) is 5.33 Å². The third kappa shape index (κ3) is 4.41. The summed E-state index contributed by atoms with van der Waals surface area (Å²) in [4.78, 5) is 0.00749. The molecule has 0 saturated carbocycles. The van der Waals surface area contributed by atoms with Crippen LogP contribution >= 0.6 is 39.1 Å². The molecule has 96 valence electrons. The first-order valence-electron chi connectivity index (χ1n) is 4.90. The Kier molecular flexibility index (Phi) is 5.73. The molecule has 3 nitrogen and oxygen atoms in total. The second kappa shape index (κ2) is 6.38. The molecule has 1 atom stereocenters. The third-order valence-corrected chi connectivity index (χ3v) is 4.85. The fraction of sp³-hybridized carbons (Fsp3) is 0.400. The van der Waals surface area contributed by atoms with E-state index in [2.05, 4.69) is 20.7 Å². The van der Waals surface area contributed by atoms with E-state index in [4.69, 9.17) is 23.2 Å². The van der Waals surface area contributed by atoms with Crippen LogP contribution in [-0.4, -0.2) is 19.8 Å². The number of hydrogen-bond donors (Lipinski definition) is 1. The molecule has 0 spiro atoms. The Morgan fingerprint density at radius 1 is 1.41 bits per heavy atom. The van der Waals surface area contributed by atoms with Crippen LogP contribution in [-0.2, 0) is 10.0 Å². The van der Waals surface area contributed by atoms with Gasteiger partial charge in [-0.25, -0.2) is 13.1 Å². The smallest absolute Gasteiger partial charge is 0.208 e. The quantitative estimate of drug-likeness (QED) is 0.817. The van der Waals surface area contributed by atoms with E-state index in [0.717, 1.165) is 5.33 Å². The zero-order chi connectivity index (χ0) is 13.1. The van der Waals surface area contributed by atoms with E-state index in [1.165, 1.54) is 12.1 Å². The molecular weight excluding hydrogens is 349 g/mol. The summed E-state index contributed by atoms with van der Waals surface area (Å²) in [5.74, 6) is 0. The molecule has 0 heterocycles. The van der Waals surface area contributed by atoms with Crippen LogP contribution in [0.25, 0.3) is 0 Å². The highest BCUT2D eigenvalue weighted by molar-refractivity contribution is 9.09. The molecule has 0 aliphatic carbocycles. The molecule has 0 aromatic heterocycles. The number of alkyl halides is 1. The van der Waals surface area contributed by atoms with Gasteiger partial charge < -0.3 is 0 Å². The van der Waals surface area contributed by atoms with Crippen molar-refractivity contribution in [3.63, 3.8) is 0 Å². The SMILES string of the molecule is CC(CCBr)NS(=O)(=O)c1cc(Cl)ccc1Cl. The lowest BCUT2D eigenvalue weighted by Gasteiger charge is -2.13. The van der Waals surface area contributed by atoms with Crippen molar-refractivity contribution in [3.8, 4) is 0 Å². The summed E-state index contributed by atoms with van der Waals surface area (Å²) in [6.07, 6.45) is 0.692. The zero-order valence-corrected chi connectivity index (χ0v) is 13.0. The lowest BCUT2D eigenvalue weighted by atomic mass is 10.3. The van der Waals surface area contributed by atoms with Gasteiger partial charge in [-0.1, -0.05) is 39.1 Å². The van der Waals surface area contributed by atoms with Gasteiger partial charge in [0.25, 0.3) is 0 Å². The summed E-state index contributed by atoms with van der Waals surface area (Å²) >= 11 is 14.9. The lowest BCUT2D eigenvalue weighted by Crippen LogP contribution is -2.33. The monoisotopic (exact) mass is 359 g/mol. The van der Waals surface area contributed by atoms with Gasteiger partial charge in [0, 0.05) is 16.4 Å². The third-order valence-electron chi connectivity index (χ3n) is 2.08. The van der Waals surface area contributed by atoms with E-state index in [-0.39, 0.29) is 16.0 Å². The number of benzene rings is 1. The highest BCUT2D eigenvalue weighted by atomic mass is 79.9. The van der Waals surface area contributed by atoms with E-state index in [1.807, 2.05) is 0 Å². The average molecular weight is 361 g/mol. The van der Waals surface area contributed by atoms with Crippen LogP contribution in [0, 0.1) is 0 Å². The summed E-state index contributed by atoms with van der Waals surface area (Å²) in [6.45, 7) is 1.79. The summed E-state index contributed by atoms with van der Waals surface area (Å²) in [5.41, 5.74) is 0. The molecule has 1 unspecified atom stereocenters. The summed E-state index contributed by atoms with van der Waals surface area (Å²) in [6, 6.07) is 4.18. The minimum Gasteiger partial charge on any atom is -0.208 e. The maximum absolute atomic E-state index is 12.0. The second-order valence-corrected chi connectivity index (χ2v) is 6.89. The van der Waals surface area contributed by atoms with Gasteiger partial charge in [-0.2, -0.15) is 0 Å². The number of rotatable bonds is 5. The number of halogens is 3. The number of sulfonamides is 1. The normalized spacial score (nSPS) is 13.6. The van der Waals surface area contributed by atoms with Crippen LogP contribution in [0.4, 0.5) is 0 Å². The van der Waals surface area contributed by atoms with Crippen molar-refractivity contribution in [3.05, 3.63) is 28.2 Å². The summed E-state index contributed by atoms with van der Waals surface area (Å²) < 4.78 is 26.6. The maximum atomic E-state index is 12.0. The van der Waals surface area contributed by atoms with Gasteiger partial charge in [0.15, 0.2) is 0 Å². The molecule has 0 aliphatic rings. The van der Waals surface area contributed by atoms with Crippen molar-refractivity contribution >= 4 is 49.2 Å². The minimum atomic E-state index is -3.62. The Balaban J connectivity index is 3.01. The van der Waals surface area contributed by atoms with E-state index < -0.39 is 10.0 Å². The fourth-order valence-electron chi connectivity index (χ4n) is 1.23. The van der Waals surface area contributed by atoms with Gasteiger partial charge in [0.1, 0.15) is 4.90 Å².